The van der Waals surface area contributed by atoms with Crippen molar-refractivity contribution in [1.82, 2.24) is 0 Å². The maximum absolute atomic E-state index is 12.3. The summed E-state index contributed by atoms with van der Waals surface area (Å²) in [6.07, 6.45) is 1.43. The number of hydrogen-bond acceptors (Lipinski definition) is 5. The monoisotopic (exact) mass is 428 g/mol. The molecule has 0 aromatic heterocycles. The number of anilines is 1. The summed E-state index contributed by atoms with van der Waals surface area (Å²) < 4.78 is 11.1. The van der Waals surface area contributed by atoms with Gasteiger partial charge in [0.1, 0.15) is 11.6 Å². The first kappa shape index (κ1) is 20.2. The van der Waals surface area contributed by atoms with Crippen molar-refractivity contribution >= 4 is 39.6 Å². The highest BCUT2D eigenvalue weighted by molar-refractivity contribution is 9.10. The Hall–Kier alpha value is -3.11. The average Bonchev–Trinajstić information content (AvgIpc) is 2.63. The summed E-state index contributed by atoms with van der Waals surface area (Å²) in [6, 6.07) is 14.0. The third kappa shape index (κ3) is 5.69. The number of nitrogens with one attached hydrogen (secondary N) is 1. The highest BCUT2D eigenvalue weighted by Gasteiger charge is 2.15. The first-order valence-corrected chi connectivity index (χ1v) is 8.86. The summed E-state index contributed by atoms with van der Waals surface area (Å²) >= 11 is 3.33. The quantitative estimate of drug-likeness (QED) is 0.320. The molecule has 0 saturated carbocycles. The SMILES string of the molecule is CCOc1cc(/C=C(\C#N)C(=O)Nc2ccccc2)cc(Br)c1OC(C)=O. The lowest BCUT2D eigenvalue weighted by molar-refractivity contribution is -0.132. The summed E-state index contributed by atoms with van der Waals surface area (Å²) in [5, 5.41) is 12.0. The van der Waals surface area contributed by atoms with Gasteiger partial charge in [-0.15, -0.1) is 0 Å². The minimum Gasteiger partial charge on any atom is -0.490 e. The highest BCUT2D eigenvalue weighted by atomic mass is 79.9. The van der Waals surface area contributed by atoms with E-state index in [0.717, 1.165) is 0 Å². The largest absolute Gasteiger partial charge is 0.490 e. The second-order valence-electron chi connectivity index (χ2n) is 5.35. The molecule has 0 radical (unpaired) electrons. The van der Waals surface area contributed by atoms with Gasteiger partial charge in [0, 0.05) is 12.6 Å². The predicted molar refractivity (Wildman–Crippen MR) is 105 cm³/mol. The molecule has 1 N–H and O–H groups in total. The number of carbonyl (C=O) groups is 2. The first-order valence-electron chi connectivity index (χ1n) is 8.07. The van der Waals surface area contributed by atoms with Gasteiger partial charge in [0.2, 0.25) is 0 Å². The number of rotatable bonds is 6. The van der Waals surface area contributed by atoms with Crippen LogP contribution in [0.4, 0.5) is 5.69 Å². The number of nitriles is 1. The van der Waals surface area contributed by atoms with Crippen LogP contribution in [0.2, 0.25) is 0 Å². The van der Waals surface area contributed by atoms with E-state index >= 15 is 0 Å². The lowest BCUT2D eigenvalue weighted by Crippen LogP contribution is -2.13. The summed E-state index contributed by atoms with van der Waals surface area (Å²) in [7, 11) is 0. The van der Waals surface area contributed by atoms with Gasteiger partial charge in [-0.3, -0.25) is 9.59 Å². The van der Waals surface area contributed by atoms with Crippen LogP contribution in [0, 0.1) is 11.3 Å². The van der Waals surface area contributed by atoms with Gasteiger partial charge in [0.25, 0.3) is 5.91 Å². The van der Waals surface area contributed by atoms with Gasteiger partial charge in [0.05, 0.1) is 11.1 Å². The van der Waals surface area contributed by atoms with E-state index in [0.29, 0.717) is 28.1 Å². The van der Waals surface area contributed by atoms with Gasteiger partial charge >= 0.3 is 5.97 Å². The topological polar surface area (TPSA) is 88.4 Å². The van der Waals surface area contributed by atoms with Gasteiger partial charge in [-0.2, -0.15) is 5.26 Å². The fourth-order valence-electron chi connectivity index (χ4n) is 2.21. The van der Waals surface area contributed by atoms with Crippen molar-refractivity contribution in [3.8, 4) is 17.6 Å². The summed E-state index contributed by atoms with van der Waals surface area (Å²) in [4.78, 5) is 23.6. The molecule has 0 aliphatic rings. The van der Waals surface area contributed by atoms with Crippen molar-refractivity contribution in [2.75, 3.05) is 11.9 Å². The summed E-state index contributed by atoms with van der Waals surface area (Å²) in [5.74, 6) is -0.440. The Morgan fingerprint density at radius 1 is 1.26 bits per heavy atom. The van der Waals surface area contributed by atoms with Crippen molar-refractivity contribution in [3.05, 3.63) is 58.1 Å². The van der Waals surface area contributed by atoms with Gasteiger partial charge in [0.15, 0.2) is 11.5 Å². The van der Waals surface area contributed by atoms with Gasteiger partial charge in [-0.05, 0) is 58.8 Å². The Kier molecular flexibility index (Phi) is 7.15. The predicted octanol–water partition coefficient (Wildman–Crippen LogP) is 4.32. The van der Waals surface area contributed by atoms with Crippen molar-refractivity contribution in [2.45, 2.75) is 13.8 Å². The molecule has 0 aliphatic carbocycles. The molecular weight excluding hydrogens is 412 g/mol. The van der Waals surface area contributed by atoms with Crippen molar-refractivity contribution in [3.63, 3.8) is 0 Å². The molecule has 0 saturated heterocycles. The van der Waals surface area contributed by atoms with Gasteiger partial charge in [-0.1, -0.05) is 18.2 Å². The maximum Gasteiger partial charge on any atom is 0.308 e. The lowest BCUT2D eigenvalue weighted by Gasteiger charge is -2.12. The zero-order valence-electron chi connectivity index (χ0n) is 14.8. The second-order valence-corrected chi connectivity index (χ2v) is 6.20. The molecule has 7 heteroatoms. The number of esters is 1. The number of nitrogens with zero attached hydrogens (tertiary/aromatic N) is 1. The molecule has 0 atom stereocenters. The molecule has 0 aliphatic heterocycles. The van der Waals surface area contributed by atoms with Gasteiger partial charge < -0.3 is 14.8 Å². The number of halogens is 1. The van der Waals surface area contributed by atoms with E-state index in [9.17, 15) is 14.9 Å². The molecule has 0 unspecified atom stereocenters. The number of amides is 1. The highest BCUT2D eigenvalue weighted by Crippen LogP contribution is 2.37. The van der Waals surface area contributed by atoms with Crippen molar-refractivity contribution in [1.29, 1.82) is 5.26 Å². The van der Waals surface area contributed by atoms with E-state index in [-0.39, 0.29) is 11.3 Å². The van der Waals surface area contributed by atoms with E-state index < -0.39 is 11.9 Å². The third-order valence-electron chi connectivity index (χ3n) is 3.29. The number of carbonyl (C=O) groups excluding carboxylic acids is 2. The molecule has 138 valence electrons. The Labute approximate surface area is 165 Å². The minimum atomic E-state index is -0.526. The van der Waals surface area contributed by atoms with E-state index in [1.54, 1.807) is 43.3 Å². The second kappa shape index (κ2) is 9.55. The molecule has 0 fully saturated rings. The number of benzene rings is 2. The molecule has 2 rings (SSSR count). The molecular formula is C20H17BrN2O4. The molecule has 2 aromatic carbocycles. The van der Waals surface area contributed by atoms with Crippen LogP contribution in [0.15, 0.2) is 52.5 Å². The van der Waals surface area contributed by atoms with Crippen LogP contribution >= 0.6 is 15.9 Å². The van der Waals surface area contributed by atoms with E-state index in [1.165, 1.54) is 13.0 Å². The van der Waals surface area contributed by atoms with E-state index in [2.05, 4.69) is 21.2 Å². The van der Waals surface area contributed by atoms with Crippen LogP contribution < -0.4 is 14.8 Å². The number of para-hydroxylation sites is 1. The Balaban J connectivity index is 2.35. The van der Waals surface area contributed by atoms with Crippen LogP contribution in [-0.4, -0.2) is 18.5 Å². The zero-order valence-corrected chi connectivity index (χ0v) is 16.4. The molecule has 0 spiro atoms. The summed E-state index contributed by atoms with van der Waals surface area (Å²) in [6.45, 7) is 3.44. The first-order chi connectivity index (χ1) is 12.9. The smallest absolute Gasteiger partial charge is 0.308 e. The van der Waals surface area contributed by atoms with Crippen molar-refractivity contribution < 1.29 is 19.1 Å². The Morgan fingerprint density at radius 3 is 2.56 bits per heavy atom. The summed E-state index contributed by atoms with van der Waals surface area (Å²) in [5.41, 5.74) is 1.06. The number of hydrogen-bond donors (Lipinski definition) is 1. The van der Waals surface area contributed by atoms with Crippen LogP contribution in [0.5, 0.6) is 11.5 Å². The molecule has 27 heavy (non-hydrogen) atoms. The van der Waals surface area contributed by atoms with Crippen LogP contribution in [0.3, 0.4) is 0 Å². The lowest BCUT2D eigenvalue weighted by atomic mass is 10.1. The third-order valence-corrected chi connectivity index (χ3v) is 3.87. The molecule has 1 amide bonds. The van der Waals surface area contributed by atoms with Gasteiger partial charge in [-0.25, -0.2) is 0 Å². The van der Waals surface area contributed by atoms with E-state index in [4.69, 9.17) is 9.47 Å². The standard InChI is InChI=1S/C20H17BrN2O4/c1-3-26-18-11-14(10-17(21)19(18)27-13(2)24)9-15(12-22)20(25)23-16-7-5-4-6-8-16/h4-11H,3H2,1-2H3,(H,23,25)/b15-9+. The Morgan fingerprint density at radius 2 is 1.96 bits per heavy atom. The average molecular weight is 429 g/mol. The minimum absolute atomic E-state index is 0.0755. The molecule has 6 nitrogen and oxygen atoms in total. The fourth-order valence-corrected chi connectivity index (χ4v) is 2.75. The van der Waals surface area contributed by atoms with E-state index in [1.807, 2.05) is 12.1 Å². The van der Waals surface area contributed by atoms with Crippen molar-refractivity contribution in [2.24, 2.45) is 0 Å². The van der Waals surface area contributed by atoms with Crippen LogP contribution in [0.25, 0.3) is 6.08 Å². The van der Waals surface area contributed by atoms with Crippen LogP contribution in [-0.2, 0) is 9.59 Å². The number of ether oxygens (including phenoxy) is 2. The molecule has 0 heterocycles. The Bertz CT molecular complexity index is 918. The fraction of sp³-hybridized carbons (Fsp3) is 0.150. The maximum atomic E-state index is 12.3. The molecule has 0 bridgehead atoms. The zero-order chi connectivity index (χ0) is 19.8. The van der Waals surface area contributed by atoms with Crippen LogP contribution in [0.1, 0.15) is 19.4 Å². The normalized spacial score (nSPS) is 10.7. The molecule has 2 aromatic rings.